The highest BCUT2D eigenvalue weighted by atomic mass is 16.2. The Kier molecular flexibility index (Phi) is 5.26. The fourth-order valence-corrected chi connectivity index (χ4v) is 3.42. The monoisotopic (exact) mass is 351 g/mol. The van der Waals surface area contributed by atoms with Gasteiger partial charge in [-0.3, -0.25) is 4.79 Å². The summed E-state index contributed by atoms with van der Waals surface area (Å²) in [7, 11) is 0. The van der Waals surface area contributed by atoms with Crippen molar-refractivity contribution < 1.29 is 9.59 Å². The molecule has 1 fully saturated rings. The van der Waals surface area contributed by atoms with Crippen LogP contribution >= 0.6 is 0 Å². The number of nitrogens with one attached hydrogen (secondary N) is 2. The third kappa shape index (κ3) is 3.87. The summed E-state index contributed by atoms with van der Waals surface area (Å²) in [5.41, 5.74) is 4.70. The molecule has 1 aliphatic heterocycles. The lowest BCUT2D eigenvalue weighted by atomic mass is 10.1. The van der Waals surface area contributed by atoms with Crippen LogP contribution in [0.3, 0.4) is 0 Å². The van der Waals surface area contributed by atoms with Gasteiger partial charge in [-0.15, -0.1) is 0 Å². The van der Waals surface area contributed by atoms with Crippen LogP contribution in [-0.2, 0) is 4.79 Å². The van der Waals surface area contributed by atoms with E-state index in [2.05, 4.69) is 10.6 Å². The molecule has 26 heavy (non-hydrogen) atoms. The Balaban J connectivity index is 1.71. The van der Waals surface area contributed by atoms with Crippen molar-refractivity contribution in [3.63, 3.8) is 0 Å². The van der Waals surface area contributed by atoms with E-state index in [0.717, 1.165) is 34.5 Å². The van der Waals surface area contributed by atoms with Crippen molar-refractivity contribution in [3.8, 4) is 0 Å². The average Bonchev–Trinajstić information content (AvgIpc) is 3.08. The van der Waals surface area contributed by atoms with Crippen LogP contribution in [0.1, 0.15) is 29.5 Å². The Morgan fingerprint density at radius 2 is 1.69 bits per heavy atom. The van der Waals surface area contributed by atoms with Gasteiger partial charge in [-0.1, -0.05) is 30.3 Å². The molecular formula is C21H25N3O2. The van der Waals surface area contributed by atoms with Crippen molar-refractivity contribution in [2.75, 3.05) is 17.2 Å². The lowest BCUT2D eigenvalue weighted by Crippen LogP contribution is -2.45. The van der Waals surface area contributed by atoms with E-state index in [4.69, 9.17) is 0 Å². The standard InChI is InChI=1S/C21H25N3O2/c1-14-7-4-10-17(13-14)22-21(26)24-12-6-11-18(24)20(25)23-19-15(2)8-5-9-16(19)3/h4-5,7-10,13,18H,6,11-12H2,1-3H3,(H,22,26)(H,23,25)/t18-/m0/s1. The van der Waals surface area contributed by atoms with Crippen molar-refractivity contribution in [1.29, 1.82) is 0 Å². The normalized spacial score (nSPS) is 16.4. The number of nitrogens with zero attached hydrogens (tertiary/aromatic N) is 1. The van der Waals surface area contributed by atoms with Crippen LogP contribution < -0.4 is 10.6 Å². The topological polar surface area (TPSA) is 61.4 Å². The molecule has 0 spiro atoms. The molecule has 0 radical (unpaired) electrons. The van der Waals surface area contributed by atoms with Gasteiger partial charge in [0.15, 0.2) is 0 Å². The predicted octanol–water partition coefficient (Wildman–Crippen LogP) is 4.25. The van der Waals surface area contributed by atoms with Crippen LogP contribution in [-0.4, -0.2) is 29.4 Å². The number of carbonyl (C=O) groups excluding carboxylic acids is 2. The minimum atomic E-state index is -0.446. The first-order chi connectivity index (χ1) is 12.5. The van der Waals surface area contributed by atoms with Gasteiger partial charge in [0.25, 0.3) is 0 Å². The number of aryl methyl sites for hydroxylation is 3. The van der Waals surface area contributed by atoms with Gasteiger partial charge < -0.3 is 15.5 Å². The first kappa shape index (κ1) is 18.0. The van der Waals surface area contributed by atoms with Crippen molar-refractivity contribution >= 4 is 23.3 Å². The van der Waals surface area contributed by atoms with Crippen molar-refractivity contribution in [1.82, 2.24) is 4.90 Å². The number of hydrogen-bond donors (Lipinski definition) is 2. The highest BCUT2D eigenvalue weighted by Gasteiger charge is 2.34. The molecule has 0 saturated carbocycles. The maximum absolute atomic E-state index is 12.8. The first-order valence-electron chi connectivity index (χ1n) is 8.97. The number of likely N-dealkylation sites (tertiary alicyclic amines) is 1. The van der Waals surface area contributed by atoms with Gasteiger partial charge >= 0.3 is 6.03 Å². The fourth-order valence-electron chi connectivity index (χ4n) is 3.42. The molecule has 3 rings (SSSR count). The molecule has 5 heteroatoms. The van der Waals surface area contributed by atoms with E-state index in [1.165, 1.54) is 0 Å². The number of urea groups is 1. The van der Waals surface area contributed by atoms with E-state index in [0.29, 0.717) is 13.0 Å². The molecule has 2 aromatic rings. The second-order valence-corrected chi connectivity index (χ2v) is 6.91. The number of benzene rings is 2. The fraction of sp³-hybridized carbons (Fsp3) is 0.333. The lowest BCUT2D eigenvalue weighted by Gasteiger charge is -2.25. The summed E-state index contributed by atoms with van der Waals surface area (Å²) < 4.78 is 0. The van der Waals surface area contributed by atoms with Crippen molar-refractivity contribution in [2.24, 2.45) is 0 Å². The van der Waals surface area contributed by atoms with Gasteiger partial charge in [0.05, 0.1) is 0 Å². The summed E-state index contributed by atoms with van der Waals surface area (Å²) in [4.78, 5) is 27.1. The van der Waals surface area contributed by atoms with Gasteiger partial charge in [0.2, 0.25) is 5.91 Å². The summed E-state index contributed by atoms with van der Waals surface area (Å²) in [6.07, 6.45) is 1.50. The second-order valence-electron chi connectivity index (χ2n) is 6.91. The van der Waals surface area contributed by atoms with E-state index in [1.807, 2.05) is 63.2 Å². The molecule has 1 atom stereocenters. The number of para-hydroxylation sites is 1. The number of amides is 3. The molecule has 136 valence electrons. The minimum Gasteiger partial charge on any atom is -0.324 e. The van der Waals surface area contributed by atoms with E-state index in [9.17, 15) is 9.59 Å². The smallest absolute Gasteiger partial charge is 0.322 e. The zero-order chi connectivity index (χ0) is 18.7. The molecule has 0 aromatic heterocycles. The number of anilines is 2. The van der Waals surface area contributed by atoms with Crippen LogP contribution in [0, 0.1) is 20.8 Å². The Morgan fingerprint density at radius 3 is 2.38 bits per heavy atom. The van der Waals surface area contributed by atoms with Gasteiger partial charge in [-0.2, -0.15) is 0 Å². The molecular weight excluding hydrogens is 326 g/mol. The summed E-state index contributed by atoms with van der Waals surface area (Å²) in [6, 6.07) is 12.9. The summed E-state index contributed by atoms with van der Waals surface area (Å²) in [5.74, 6) is -0.126. The predicted molar refractivity (Wildman–Crippen MR) is 104 cm³/mol. The third-order valence-corrected chi connectivity index (χ3v) is 4.81. The van der Waals surface area contributed by atoms with Crippen LogP contribution in [0.5, 0.6) is 0 Å². The van der Waals surface area contributed by atoms with Crippen molar-refractivity contribution in [2.45, 2.75) is 39.7 Å². The highest BCUT2D eigenvalue weighted by molar-refractivity contribution is 6.00. The number of carbonyl (C=O) groups is 2. The molecule has 1 heterocycles. The molecule has 0 aliphatic carbocycles. The van der Waals surface area contributed by atoms with Crippen molar-refractivity contribution in [3.05, 3.63) is 59.2 Å². The minimum absolute atomic E-state index is 0.126. The molecule has 0 unspecified atom stereocenters. The second kappa shape index (κ2) is 7.60. The first-order valence-corrected chi connectivity index (χ1v) is 8.97. The zero-order valence-corrected chi connectivity index (χ0v) is 15.5. The number of rotatable bonds is 3. The zero-order valence-electron chi connectivity index (χ0n) is 15.5. The van der Waals surface area contributed by atoms with Crippen LogP contribution in [0.15, 0.2) is 42.5 Å². The SMILES string of the molecule is Cc1cccc(NC(=O)N2CCC[C@H]2C(=O)Nc2c(C)cccc2C)c1. The molecule has 5 nitrogen and oxygen atoms in total. The largest absolute Gasteiger partial charge is 0.324 e. The Morgan fingerprint density at radius 1 is 1.00 bits per heavy atom. The van der Waals surface area contributed by atoms with Gasteiger partial charge in [0.1, 0.15) is 6.04 Å². The number of hydrogen-bond acceptors (Lipinski definition) is 2. The molecule has 3 amide bonds. The van der Waals surface area contributed by atoms with E-state index in [1.54, 1.807) is 4.90 Å². The third-order valence-electron chi connectivity index (χ3n) is 4.81. The average molecular weight is 351 g/mol. The summed E-state index contributed by atoms with van der Waals surface area (Å²) in [5, 5.41) is 5.92. The highest BCUT2D eigenvalue weighted by Crippen LogP contribution is 2.24. The van der Waals surface area contributed by atoms with Crippen LogP contribution in [0.2, 0.25) is 0 Å². The molecule has 0 bridgehead atoms. The quantitative estimate of drug-likeness (QED) is 0.868. The summed E-state index contributed by atoms with van der Waals surface area (Å²) in [6.45, 7) is 6.51. The van der Waals surface area contributed by atoms with E-state index >= 15 is 0 Å². The van der Waals surface area contributed by atoms with Gasteiger partial charge in [0, 0.05) is 17.9 Å². The van der Waals surface area contributed by atoms with Crippen LogP contribution in [0.4, 0.5) is 16.2 Å². The van der Waals surface area contributed by atoms with Gasteiger partial charge in [-0.05, 0) is 62.4 Å². The Hall–Kier alpha value is -2.82. The maximum Gasteiger partial charge on any atom is 0.322 e. The van der Waals surface area contributed by atoms with E-state index < -0.39 is 6.04 Å². The van der Waals surface area contributed by atoms with E-state index in [-0.39, 0.29) is 11.9 Å². The lowest BCUT2D eigenvalue weighted by molar-refractivity contribution is -0.119. The summed E-state index contributed by atoms with van der Waals surface area (Å²) >= 11 is 0. The Bertz CT molecular complexity index is 812. The van der Waals surface area contributed by atoms with Crippen LogP contribution in [0.25, 0.3) is 0 Å². The van der Waals surface area contributed by atoms with Gasteiger partial charge in [-0.25, -0.2) is 4.79 Å². The Labute approximate surface area is 154 Å². The maximum atomic E-state index is 12.8. The molecule has 1 aliphatic rings. The molecule has 1 saturated heterocycles. The molecule has 2 N–H and O–H groups in total. The molecule has 2 aromatic carbocycles.